The minimum atomic E-state index is 0.241. The van der Waals surface area contributed by atoms with E-state index >= 15 is 0 Å². The number of nitrogens with zero attached hydrogens (tertiary/aromatic N) is 1. The Balaban J connectivity index is 2.03. The molecule has 2 aromatic carbocycles. The highest BCUT2D eigenvalue weighted by Gasteiger charge is 2.04. The normalized spacial score (nSPS) is 11.2. The molecule has 0 radical (unpaired) electrons. The van der Waals surface area contributed by atoms with Gasteiger partial charge in [0.2, 0.25) is 0 Å². The quantitative estimate of drug-likeness (QED) is 0.495. The maximum atomic E-state index is 8.97. The third-order valence-electron chi connectivity index (χ3n) is 2.35. The van der Waals surface area contributed by atoms with Crippen molar-refractivity contribution >= 4 is 5.71 Å². The summed E-state index contributed by atoms with van der Waals surface area (Å²) in [6, 6.07) is 18.9. The number of hydrogen-bond donors (Lipinski definition) is 1. The fourth-order valence-electron chi connectivity index (χ4n) is 1.47. The van der Waals surface area contributed by atoms with Crippen molar-refractivity contribution in [2.75, 3.05) is 6.61 Å². The number of hydrogen-bond acceptors (Lipinski definition) is 3. The summed E-state index contributed by atoms with van der Waals surface area (Å²) >= 11 is 0. The van der Waals surface area contributed by atoms with Crippen LogP contribution in [0, 0.1) is 0 Å². The zero-order chi connectivity index (χ0) is 11.9. The molecule has 3 heteroatoms. The molecule has 3 nitrogen and oxygen atoms in total. The molecule has 0 spiro atoms. The van der Waals surface area contributed by atoms with Gasteiger partial charge >= 0.3 is 0 Å². The Bertz CT molecular complexity index is 480. The van der Waals surface area contributed by atoms with Crippen molar-refractivity contribution in [3.8, 4) is 5.75 Å². The Kier molecular flexibility index (Phi) is 3.76. The van der Waals surface area contributed by atoms with Gasteiger partial charge in [0.15, 0.2) is 0 Å². The Morgan fingerprint density at radius 2 is 1.53 bits per heavy atom. The largest absolute Gasteiger partial charge is 0.487 e. The van der Waals surface area contributed by atoms with E-state index in [2.05, 4.69) is 5.16 Å². The Labute approximate surface area is 100.0 Å². The summed E-state index contributed by atoms with van der Waals surface area (Å²) in [5, 5.41) is 12.2. The standard InChI is InChI=1S/C14H13NO2/c16-15-14(12-7-3-1-4-8-12)11-17-13-9-5-2-6-10-13/h1-10,16H,11H2. The molecular weight excluding hydrogens is 214 g/mol. The van der Waals surface area contributed by atoms with E-state index in [0.29, 0.717) is 5.71 Å². The summed E-state index contributed by atoms with van der Waals surface area (Å²) in [4.78, 5) is 0. The molecule has 17 heavy (non-hydrogen) atoms. The molecule has 0 unspecified atom stereocenters. The number of ether oxygens (including phenoxy) is 1. The van der Waals surface area contributed by atoms with E-state index in [1.165, 1.54) is 0 Å². The lowest BCUT2D eigenvalue weighted by molar-refractivity contribution is 0.308. The van der Waals surface area contributed by atoms with Crippen molar-refractivity contribution in [1.82, 2.24) is 0 Å². The molecule has 0 aliphatic rings. The molecule has 0 atom stereocenters. The van der Waals surface area contributed by atoms with Crippen LogP contribution in [0.1, 0.15) is 5.56 Å². The summed E-state index contributed by atoms with van der Waals surface area (Å²) in [7, 11) is 0. The van der Waals surface area contributed by atoms with Crippen LogP contribution in [-0.4, -0.2) is 17.5 Å². The highest BCUT2D eigenvalue weighted by molar-refractivity contribution is 6.01. The summed E-state index contributed by atoms with van der Waals surface area (Å²) in [6.07, 6.45) is 0. The molecule has 0 aliphatic heterocycles. The van der Waals surface area contributed by atoms with Crippen molar-refractivity contribution in [3.63, 3.8) is 0 Å². The van der Waals surface area contributed by atoms with E-state index in [-0.39, 0.29) is 6.61 Å². The zero-order valence-electron chi connectivity index (χ0n) is 9.28. The second kappa shape index (κ2) is 5.70. The molecule has 2 aromatic rings. The molecule has 0 saturated carbocycles. The molecule has 0 saturated heterocycles. The predicted octanol–water partition coefficient (Wildman–Crippen LogP) is 2.94. The van der Waals surface area contributed by atoms with E-state index in [9.17, 15) is 0 Å². The van der Waals surface area contributed by atoms with Gasteiger partial charge in [0, 0.05) is 5.56 Å². The second-order valence-corrected chi connectivity index (χ2v) is 3.51. The van der Waals surface area contributed by atoms with Crippen LogP contribution in [0.25, 0.3) is 0 Å². The first kappa shape index (κ1) is 11.2. The number of para-hydroxylation sites is 1. The molecule has 0 bridgehead atoms. The van der Waals surface area contributed by atoms with Crippen molar-refractivity contribution in [2.45, 2.75) is 0 Å². The summed E-state index contributed by atoms with van der Waals surface area (Å²) in [5.41, 5.74) is 1.36. The number of rotatable bonds is 4. The second-order valence-electron chi connectivity index (χ2n) is 3.51. The monoisotopic (exact) mass is 227 g/mol. The topological polar surface area (TPSA) is 41.8 Å². The summed E-state index contributed by atoms with van der Waals surface area (Å²) in [5.74, 6) is 0.754. The Morgan fingerprint density at radius 1 is 0.941 bits per heavy atom. The first-order valence-electron chi connectivity index (χ1n) is 5.34. The Hall–Kier alpha value is -2.29. The lowest BCUT2D eigenvalue weighted by Gasteiger charge is -2.07. The lowest BCUT2D eigenvalue weighted by Crippen LogP contribution is -2.12. The van der Waals surface area contributed by atoms with Crippen LogP contribution >= 0.6 is 0 Å². The van der Waals surface area contributed by atoms with Crippen molar-refractivity contribution in [2.24, 2.45) is 5.16 Å². The van der Waals surface area contributed by atoms with Crippen molar-refractivity contribution in [3.05, 3.63) is 66.2 Å². The van der Waals surface area contributed by atoms with E-state index in [1.54, 1.807) is 0 Å². The highest BCUT2D eigenvalue weighted by Crippen LogP contribution is 2.09. The third-order valence-corrected chi connectivity index (χ3v) is 2.35. The van der Waals surface area contributed by atoms with Gasteiger partial charge in [-0.1, -0.05) is 53.7 Å². The average Bonchev–Trinajstić information content (AvgIpc) is 2.42. The van der Waals surface area contributed by atoms with E-state index in [0.717, 1.165) is 11.3 Å². The predicted molar refractivity (Wildman–Crippen MR) is 66.7 cm³/mol. The maximum absolute atomic E-state index is 8.97. The van der Waals surface area contributed by atoms with Crippen LogP contribution < -0.4 is 4.74 Å². The van der Waals surface area contributed by atoms with Gasteiger partial charge in [-0.2, -0.15) is 0 Å². The van der Waals surface area contributed by atoms with Gasteiger partial charge in [0.05, 0.1) is 0 Å². The van der Waals surface area contributed by atoms with Gasteiger partial charge in [-0.3, -0.25) is 0 Å². The number of oxime groups is 1. The molecular formula is C14H13NO2. The minimum absolute atomic E-state index is 0.241. The van der Waals surface area contributed by atoms with Crippen LogP contribution in [0.5, 0.6) is 5.75 Å². The van der Waals surface area contributed by atoms with E-state index in [1.807, 2.05) is 60.7 Å². The van der Waals surface area contributed by atoms with Crippen molar-refractivity contribution < 1.29 is 9.94 Å². The smallest absolute Gasteiger partial charge is 0.134 e. The minimum Gasteiger partial charge on any atom is -0.487 e. The Morgan fingerprint density at radius 3 is 2.12 bits per heavy atom. The molecule has 0 heterocycles. The SMILES string of the molecule is ON=C(COc1ccccc1)c1ccccc1. The van der Waals surface area contributed by atoms with Crippen LogP contribution in [0.2, 0.25) is 0 Å². The van der Waals surface area contributed by atoms with Gasteiger partial charge in [0.25, 0.3) is 0 Å². The zero-order valence-corrected chi connectivity index (χ0v) is 9.28. The van der Waals surface area contributed by atoms with E-state index < -0.39 is 0 Å². The van der Waals surface area contributed by atoms with Crippen LogP contribution in [0.4, 0.5) is 0 Å². The van der Waals surface area contributed by atoms with Gasteiger partial charge in [0.1, 0.15) is 18.1 Å². The highest BCUT2D eigenvalue weighted by atomic mass is 16.5. The summed E-state index contributed by atoms with van der Waals surface area (Å²) < 4.78 is 5.52. The number of benzene rings is 2. The molecule has 0 amide bonds. The van der Waals surface area contributed by atoms with Gasteiger partial charge in [-0.05, 0) is 12.1 Å². The van der Waals surface area contributed by atoms with Gasteiger partial charge in [-0.25, -0.2) is 0 Å². The average molecular weight is 227 g/mol. The fourth-order valence-corrected chi connectivity index (χ4v) is 1.47. The fraction of sp³-hybridized carbons (Fsp3) is 0.0714. The van der Waals surface area contributed by atoms with Crippen molar-refractivity contribution in [1.29, 1.82) is 0 Å². The first-order chi connectivity index (χ1) is 8.40. The molecule has 2 rings (SSSR count). The molecule has 86 valence electrons. The van der Waals surface area contributed by atoms with Crippen LogP contribution in [-0.2, 0) is 0 Å². The molecule has 0 aliphatic carbocycles. The third kappa shape index (κ3) is 3.08. The van der Waals surface area contributed by atoms with E-state index in [4.69, 9.17) is 9.94 Å². The van der Waals surface area contributed by atoms with Crippen LogP contribution in [0.3, 0.4) is 0 Å². The van der Waals surface area contributed by atoms with Crippen LogP contribution in [0.15, 0.2) is 65.8 Å². The maximum Gasteiger partial charge on any atom is 0.134 e. The van der Waals surface area contributed by atoms with Gasteiger partial charge in [-0.15, -0.1) is 0 Å². The molecule has 0 fully saturated rings. The summed E-state index contributed by atoms with van der Waals surface area (Å²) in [6.45, 7) is 0.241. The first-order valence-corrected chi connectivity index (χ1v) is 5.34. The van der Waals surface area contributed by atoms with Gasteiger partial charge < -0.3 is 9.94 Å². The lowest BCUT2D eigenvalue weighted by atomic mass is 10.1. The molecule has 1 N–H and O–H groups in total. The molecule has 0 aromatic heterocycles.